The van der Waals surface area contributed by atoms with Crippen molar-refractivity contribution >= 4 is 57.0 Å². The number of fused-ring (bicyclic) bond motifs is 7. The molecular formula is C24H39N3O6S3. The summed E-state index contributed by atoms with van der Waals surface area (Å²) in [4.78, 5) is 52.2. The summed E-state index contributed by atoms with van der Waals surface area (Å²) in [6.07, 6.45) is 2.86. The molecule has 2 bridgehead atoms. The van der Waals surface area contributed by atoms with Gasteiger partial charge in [0.05, 0.1) is 25.0 Å². The Morgan fingerprint density at radius 3 is 2.61 bits per heavy atom. The molecule has 1 saturated heterocycles. The Hall–Kier alpha value is -1.37. The van der Waals surface area contributed by atoms with E-state index in [9.17, 15) is 24.3 Å². The monoisotopic (exact) mass is 561 g/mol. The number of hydrogen-bond acceptors (Lipinski definition) is 9. The Kier molecular flexibility index (Phi) is 14.1. The van der Waals surface area contributed by atoms with Crippen LogP contribution in [0.2, 0.25) is 0 Å². The first-order chi connectivity index (χ1) is 17.2. The van der Waals surface area contributed by atoms with Gasteiger partial charge in [-0.3, -0.25) is 19.2 Å². The van der Waals surface area contributed by atoms with Crippen molar-refractivity contribution in [3.63, 3.8) is 0 Å². The minimum atomic E-state index is -1.18. The summed E-state index contributed by atoms with van der Waals surface area (Å²) in [6.45, 7) is 5.84. The number of aliphatic hydroxyl groups excluding tert-OH is 1. The molecule has 36 heavy (non-hydrogen) atoms. The highest BCUT2D eigenvalue weighted by Crippen LogP contribution is 2.24. The molecule has 0 aliphatic carbocycles. The molecule has 0 saturated carbocycles. The average molecular weight is 562 g/mol. The van der Waals surface area contributed by atoms with Crippen LogP contribution in [0.3, 0.4) is 0 Å². The van der Waals surface area contributed by atoms with Crippen molar-refractivity contribution in [3.8, 4) is 0 Å². The van der Waals surface area contributed by atoms with E-state index in [0.717, 1.165) is 11.5 Å². The molecule has 6 atom stereocenters. The minimum absolute atomic E-state index is 0.123. The molecule has 2 aliphatic rings. The number of carbonyl (C=O) groups is 4. The first-order valence-corrected chi connectivity index (χ1v) is 16.2. The fraction of sp³-hybridized carbons (Fsp3) is 0.750. The second-order valence-electron chi connectivity index (χ2n) is 8.91. The lowest BCUT2D eigenvalue weighted by atomic mass is 9.92. The molecule has 0 aromatic carbocycles. The minimum Gasteiger partial charge on any atom is -0.457 e. The summed E-state index contributed by atoms with van der Waals surface area (Å²) >= 11 is 1.65. The highest BCUT2D eigenvalue weighted by atomic mass is 33.1. The number of rotatable bonds is 6. The van der Waals surface area contributed by atoms with E-state index < -0.39 is 54.0 Å². The van der Waals surface area contributed by atoms with Gasteiger partial charge in [-0.15, -0.1) is 0 Å². The number of esters is 1. The summed E-state index contributed by atoms with van der Waals surface area (Å²) < 4.78 is 5.56. The molecule has 3 amide bonds. The van der Waals surface area contributed by atoms with Crippen molar-refractivity contribution in [2.75, 3.05) is 23.0 Å². The Bertz CT molecular complexity index is 784. The molecule has 4 N–H and O–H groups in total. The third kappa shape index (κ3) is 10.5. The fourth-order valence-electron chi connectivity index (χ4n) is 3.84. The van der Waals surface area contributed by atoms with Crippen molar-refractivity contribution in [1.82, 2.24) is 16.0 Å². The zero-order valence-electron chi connectivity index (χ0n) is 21.2. The molecule has 2 aliphatic heterocycles. The van der Waals surface area contributed by atoms with Crippen LogP contribution in [0.25, 0.3) is 0 Å². The SMILES string of the molecule is CCSCC[C@H]1NC(=O)C[C@H]2/C=C/CCSSC[C@@H](NC1=O)C(=O)N[C@H]([C@@H](C)CC)[C@@H](O)CC(=O)O2. The Labute approximate surface area is 225 Å². The van der Waals surface area contributed by atoms with Crippen molar-refractivity contribution in [2.24, 2.45) is 5.92 Å². The Morgan fingerprint density at radius 1 is 1.11 bits per heavy atom. The Balaban J connectivity index is 2.45. The number of ether oxygens (including phenoxy) is 1. The van der Waals surface area contributed by atoms with Crippen LogP contribution in [0, 0.1) is 5.92 Å². The molecule has 2 rings (SSSR count). The van der Waals surface area contributed by atoms with Gasteiger partial charge in [0, 0.05) is 11.5 Å². The van der Waals surface area contributed by atoms with Crippen molar-refractivity contribution in [2.45, 2.75) is 83.2 Å². The van der Waals surface area contributed by atoms with Crippen LogP contribution < -0.4 is 16.0 Å². The molecule has 0 unspecified atom stereocenters. The standard InChI is InChI=1S/C24H39N3O6S3/c1-4-15(3)22-19(28)13-21(30)33-16-8-6-7-10-35-36-14-18(24(32)27-22)26-23(31)17(9-11-34-5-2)25-20(29)12-16/h6,8,15-19,22,28H,4-5,7,9-14H2,1-3H3,(H,25,29)(H,26,31)(H,27,32)/b8-6+/t15-,16+,17+,18+,19-,22+/m0/s1. The van der Waals surface area contributed by atoms with E-state index in [-0.39, 0.29) is 18.8 Å². The van der Waals surface area contributed by atoms with E-state index in [2.05, 4.69) is 16.0 Å². The van der Waals surface area contributed by atoms with Gasteiger partial charge in [-0.25, -0.2) is 0 Å². The molecular weight excluding hydrogens is 522 g/mol. The second kappa shape index (κ2) is 16.5. The van der Waals surface area contributed by atoms with Crippen LogP contribution in [0.1, 0.15) is 52.9 Å². The summed E-state index contributed by atoms with van der Waals surface area (Å²) in [5, 5.41) is 19.4. The largest absolute Gasteiger partial charge is 0.457 e. The zero-order chi connectivity index (χ0) is 26.5. The lowest BCUT2D eigenvalue weighted by Crippen LogP contribution is -2.58. The average Bonchev–Trinajstić information content (AvgIpc) is 2.83. The highest BCUT2D eigenvalue weighted by molar-refractivity contribution is 8.76. The van der Waals surface area contributed by atoms with E-state index in [1.54, 1.807) is 28.6 Å². The van der Waals surface area contributed by atoms with E-state index in [1.165, 1.54) is 10.8 Å². The normalized spacial score (nSPS) is 30.9. The van der Waals surface area contributed by atoms with E-state index in [1.807, 2.05) is 26.8 Å². The molecule has 9 nitrogen and oxygen atoms in total. The zero-order valence-corrected chi connectivity index (χ0v) is 23.6. The van der Waals surface area contributed by atoms with Gasteiger partial charge >= 0.3 is 5.97 Å². The smallest absolute Gasteiger partial charge is 0.309 e. The highest BCUT2D eigenvalue weighted by Gasteiger charge is 2.34. The third-order valence-electron chi connectivity index (χ3n) is 6.10. The first kappa shape index (κ1) is 30.9. The van der Waals surface area contributed by atoms with Crippen molar-refractivity contribution in [1.29, 1.82) is 0 Å². The molecule has 0 radical (unpaired) electrons. The van der Waals surface area contributed by atoms with E-state index in [4.69, 9.17) is 4.74 Å². The lowest BCUT2D eigenvalue weighted by Gasteiger charge is -2.31. The van der Waals surface area contributed by atoms with Crippen LogP contribution in [0.4, 0.5) is 0 Å². The van der Waals surface area contributed by atoms with Crippen molar-refractivity contribution in [3.05, 3.63) is 12.2 Å². The summed E-state index contributed by atoms with van der Waals surface area (Å²) in [5.41, 5.74) is 0. The lowest BCUT2D eigenvalue weighted by molar-refractivity contribution is -0.151. The first-order valence-electron chi connectivity index (χ1n) is 12.5. The third-order valence-corrected chi connectivity index (χ3v) is 9.48. The number of nitrogens with one attached hydrogen (secondary N) is 3. The molecule has 2 heterocycles. The van der Waals surface area contributed by atoms with Gasteiger partial charge in [0.25, 0.3) is 0 Å². The number of hydrogen-bond donors (Lipinski definition) is 4. The number of carbonyl (C=O) groups excluding carboxylic acids is 4. The van der Waals surface area contributed by atoms with Gasteiger partial charge < -0.3 is 25.8 Å². The van der Waals surface area contributed by atoms with Gasteiger partial charge in [-0.1, -0.05) is 54.9 Å². The van der Waals surface area contributed by atoms with E-state index in [0.29, 0.717) is 30.8 Å². The van der Waals surface area contributed by atoms with E-state index >= 15 is 0 Å². The summed E-state index contributed by atoms with van der Waals surface area (Å²) in [6, 6.07) is -2.39. The van der Waals surface area contributed by atoms with Gasteiger partial charge in [-0.05, 0) is 36.3 Å². The second-order valence-corrected chi connectivity index (χ2v) is 12.9. The molecule has 204 valence electrons. The van der Waals surface area contributed by atoms with Gasteiger partial charge in [0.2, 0.25) is 17.7 Å². The topological polar surface area (TPSA) is 134 Å². The summed E-state index contributed by atoms with van der Waals surface area (Å²) in [7, 11) is 3.06. The van der Waals surface area contributed by atoms with Crippen LogP contribution >= 0.6 is 33.3 Å². The maximum Gasteiger partial charge on any atom is 0.309 e. The molecule has 1 fully saturated rings. The van der Waals surface area contributed by atoms with Crippen molar-refractivity contribution < 1.29 is 29.0 Å². The van der Waals surface area contributed by atoms with Gasteiger partial charge in [0.1, 0.15) is 18.2 Å². The fourth-order valence-corrected chi connectivity index (χ4v) is 6.69. The van der Waals surface area contributed by atoms with Crippen LogP contribution in [-0.2, 0) is 23.9 Å². The molecule has 0 aromatic heterocycles. The van der Waals surface area contributed by atoms with Gasteiger partial charge in [-0.2, -0.15) is 11.8 Å². The predicted molar refractivity (Wildman–Crippen MR) is 147 cm³/mol. The molecule has 0 aromatic rings. The Morgan fingerprint density at radius 2 is 1.89 bits per heavy atom. The maximum absolute atomic E-state index is 13.3. The predicted octanol–water partition coefficient (Wildman–Crippen LogP) is 2.04. The van der Waals surface area contributed by atoms with Crippen LogP contribution in [0.15, 0.2) is 12.2 Å². The summed E-state index contributed by atoms with van der Waals surface area (Å²) in [5.74, 6) is 0.559. The number of thioether (sulfide) groups is 1. The quantitative estimate of drug-likeness (QED) is 0.166. The van der Waals surface area contributed by atoms with Crippen LogP contribution in [-0.4, -0.2) is 82.1 Å². The number of aliphatic hydroxyl groups is 1. The number of allylic oxidation sites excluding steroid dienone is 1. The molecule has 0 spiro atoms. The van der Waals surface area contributed by atoms with Gasteiger partial charge in [0.15, 0.2) is 0 Å². The molecule has 12 heteroatoms. The van der Waals surface area contributed by atoms with Crippen LogP contribution in [0.5, 0.6) is 0 Å². The maximum atomic E-state index is 13.3. The number of amides is 3.